The Morgan fingerprint density at radius 2 is 1.81 bits per heavy atom. The van der Waals surface area contributed by atoms with Crippen LogP contribution in [0.1, 0.15) is 47.2 Å². The van der Waals surface area contributed by atoms with Gasteiger partial charge in [-0.2, -0.15) is 5.26 Å². The molecule has 142 valence electrons. The second-order valence-corrected chi connectivity index (χ2v) is 6.76. The molecule has 0 aliphatic rings. The van der Waals surface area contributed by atoms with Crippen LogP contribution in [0, 0.1) is 25.2 Å². The lowest BCUT2D eigenvalue weighted by atomic mass is 10.0. The Balaban J connectivity index is 2.68. The largest absolute Gasteiger partial charge is 0.384 e. The highest BCUT2D eigenvalue weighted by molar-refractivity contribution is 6.16. The number of ketones is 1. The van der Waals surface area contributed by atoms with Crippen molar-refractivity contribution >= 4 is 17.7 Å². The maximum Gasteiger partial charge on any atom is 0.332 e. The molecule has 0 aliphatic heterocycles. The van der Waals surface area contributed by atoms with Crippen LogP contribution in [0.5, 0.6) is 0 Å². The molecule has 2 aromatic heterocycles. The highest BCUT2D eigenvalue weighted by Gasteiger charge is 2.24. The fraction of sp³-hybridized carbons (Fsp3) is 0.368. The highest BCUT2D eigenvalue weighted by atomic mass is 16.2. The number of carbonyl (C=O) groups is 1. The zero-order valence-electron chi connectivity index (χ0n) is 16.3. The first-order valence-corrected chi connectivity index (χ1v) is 8.43. The Hall–Kier alpha value is -3.34. The summed E-state index contributed by atoms with van der Waals surface area (Å²) in [6, 6.07) is 3.95. The van der Waals surface area contributed by atoms with Crippen LogP contribution in [-0.4, -0.2) is 19.5 Å². The van der Waals surface area contributed by atoms with E-state index in [1.807, 2.05) is 39.8 Å². The fourth-order valence-electron chi connectivity index (χ4n) is 3.26. The third-order valence-corrected chi connectivity index (χ3v) is 4.64. The van der Waals surface area contributed by atoms with Crippen LogP contribution >= 0.6 is 0 Å². The van der Waals surface area contributed by atoms with Gasteiger partial charge in [0.2, 0.25) is 5.78 Å². The first kappa shape index (κ1) is 20.0. The van der Waals surface area contributed by atoms with E-state index >= 15 is 0 Å². The molecule has 2 rings (SSSR count). The molecule has 0 bridgehead atoms. The summed E-state index contributed by atoms with van der Waals surface area (Å²) in [5.74, 6) is -1.07. The summed E-state index contributed by atoms with van der Waals surface area (Å²) in [5.41, 5.74) is 6.37. The number of hydrogen-bond donors (Lipinski definition) is 1. The first-order valence-electron chi connectivity index (χ1n) is 8.43. The van der Waals surface area contributed by atoms with E-state index in [4.69, 9.17) is 5.73 Å². The summed E-state index contributed by atoms with van der Waals surface area (Å²) < 4.78 is 3.89. The molecule has 0 saturated carbocycles. The Morgan fingerprint density at radius 3 is 2.30 bits per heavy atom. The Labute approximate surface area is 156 Å². The van der Waals surface area contributed by atoms with Crippen molar-refractivity contribution in [3.63, 3.8) is 0 Å². The molecule has 0 saturated heterocycles. The maximum atomic E-state index is 12.9. The average Bonchev–Trinajstić information content (AvgIpc) is 2.89. The van der Waals surface area contributed by atoms with Crippen LogP contribution in [0.15, 0.2) is 21.2 Å². The van der Waals surface area contributed by atoms with Gasteiger partial charge in [-0.15, -0.1) is 0 Å². The average molecular weight is 369 g/mol. The Kier molecular flexibility index (Phi) is 5.26. The number of aryl methyl sites for hydroxylation is 1. The van der Waals surface area contributed by atoms with Gasteiger partial charge in [0, 0.05) is 31.5 Å². The van der Waals surface area contributed by atoms with Crippen LogP contribution in [0.2, 0.25) is 0 Å². The van der Waals surface area contributed by atoms with E-state index in [9.17, 15) is 19.6 Å². The second kappa shape index (κ2) is 7.11. The number of nitrogens with two attached hydrogens (primary N) is 1. The molecule has 2 heterocycles. The molecule has 2 aromatic rings. The summed E-state index contributed by atoms with van der Waals surface area (Å²) in [7, 11) is 2.62. The van der Waals surface area contributed by atoms with Crippen LogP contribution in [0.4, 0.5) is 5.82 Å². The number of carbonyl (C=O) groups excluding carboxylic acids is 1. The summed E-state index contributed by atoms with van der Waals surface area (Å²) in [6.07, 6.45) is 1.45. The SMILES string of the molecule is Cc1cc(/C=C(\C#N)C(=O)c2c(N)n(C)c(=O)n(C)c2=O)c(C)n1C(C)C. The minimum absolute atomic E-state index is 0.221. The zero-order valence-corrected chi connectivity index (χ0v) is 16.3. The predicted molar refractivity (Wildman–Crippen MR) is 104 cm³/mol. The fourth-order valence-corrected chi connectivity index (χ4v) is 3.26. The minimum atomic E-state index is -0.825. The maximum absolute atomic E-state index is 12.9. The van der Waals surface area contributed by atoms with Crippen molar-refractivity contribution < 1.29 is 4.79 Å². The third kappa shape index (κ3) is 3.24. The molecular weight excluding hydrogens is 346 g/mol. The zero-order chi connectivity index (χ0) is 20.6. The van der Waals surface area contributed by atoms with Gasteiger partial charge in [0.05, 0.1) is 0 Å². The number of Topliss-reactive ketones (excluding diaryl/α,β-unsaturated/α-hetero) is 1. The van der Waals surface area contributed by atoms with E-state index in [0.29, 0.717) is 5.56 Å². The standard InChI is InChI=1S/C19H23N5O3/c1-10(2)24-11(3)7-13(12(24)4)8-14(9-20)16(25)15-17(21)22(5)19(27)23(6)18(15)26/h7-8,10H,21H2,1-6H3/b14-8+. The second-order valence-electron chi connectivity index (χ2n) is 6.76. The van der Waals surface area contributed by atoms with Crippen molar-refractivity contribution in [1.82, 2.24) is 13.7 Å². The van der Waals surface area contributed by atoms with E-state index in [2.05, 4.69) is 4.57 Å². The molecule has 2 N–H and O–H groups in total. The van der Waals surface area contributed by atoms with E-state index in [-0.39, 0.29) is 23.0 Å². The summed E-state index contributed by atoms with van der Waals surface area (Å²) in [5, 5.41) is 9.51. The number of aromatic nitrogens is 3. The van der Waals surface area contributed by atoms with Crippen LogP contribution in [0.3, 0.4) is 0 Å². The molecule has 8 nitrogen and oxygen atoms in total. The first-order chi connectivity index (χ1) is 12.5. The van der Waals surface area contributed by atoms with E-state index in [1.165, 1.54) is 20.2 Å². The third-order valence-electron chi connectivity index (χ3n) is 4.64. The van der Waals surface area contributed by atoms with Crippen molar-refractivity contribution in [2.24, 2.45) is 14.1 Å². The van der Waals surface area contributed by atoms with Crippen LogP contribution < -0.4 is 17.0 Å². The van der Waals surface area contributed by atoms with Crippen LogP contribution in [0.25, 0.3) is 6.08 Å². The molecule has 0 radical (unpaired) electrons. The predicted octanol–water partition coefficient (Wildman–Crippen LogP) is 1.46. The highest BCUT2D eigenvalue weighted by Crippen LogP contribution is 2.23. The number of nitrogens with zero attached hydrogens (tertiary/aromatic N) is 4. The summed E-state index contributed by atoms with van der Waals surface area (Å²) >= 11 is 0. The molecular formula is C19H23N5O3. The normalized spacial score (nSPS) is 11.7. The van der Waals surface area contributed by atoms with Gasteiger partial charge >= 0.3 is 5.69 Å². The minimum Gasteiger partial charge on any atom is -0.384 e. The number of allylic oxidation sites excluding steroid dienone is 1. The van der Waals surface area contributed by atoms with Crippen molar-refractivity contribution in [2.45, 2.75) is 33.7 Å². The lowest BCUT2D eigenvalue weighted by molar-refractivity contribution is 0.103. The smallest absolute Gasteiger partial charge is 0.332 e. The van der Waals surface area contributed by atoms with Crippen molar-refractivity contribution in [1.29, 1.82) is 5.26 Å². The number of nitriles is 1. The molecule has 0 aromatic carbocycles. The van der Waals surface area contributed by atoms with Gasteiger partial charge in [-0.25, -0.2) is 4.79 Å². The van der Waals surface area contributed by atoms with E-state index < -0.39 is 17.0 Å². The van der Waals surface area contributed by atoms with Gasteiger partial charge in [0.1, 0.15) is 23.0 Å². The van der Waals surface area contributed by atoms with Gasteiger partial charge in [0.25, 0.3) is 5.56 Å². The molecule has 0 aliphatic carbocycles. The van der Waals surface area contributed by atoms with E-state index in [1.54, 1.807) is 0 Å². The Bertz CT molecular complexity index is 1120. The molecule has 0 unspecified atom stereocenters. The number of hydrogen-bond acceptors (Lipinski definition) is 5. The van der Waals surface area contributed by atoms with Crippen molar-refractivity contribution in [3.05, 3.63) is 55.0 Å². The quantitative estimate of drug-likeness (QED) is 0.497. The summed E-state index contributed by atoms with van der Waals surface area (Å²) in [4.78, 5) is 37.2. The lowest BCUT2D eigenvalue weighted by Gasteiger charge is -2.13. The van der Waals surface area contributed by atoms with Gasteiger partial charge < -0.3 is 10.3 Å². The Morgan fingerprint density at radius 1 is 1.22 bits per heavy atom. The molecule has 0 atom stereocenters. The monoisotopic (exact) mass is 369 g/mol. The molecule has 0 spiro atoms. The van der Waals surface area contributed by atoms with Crippen LogP contribution in [-0.2, 0) is 14.1 Å². The van der Waals surface area contributed by atoms with Gasteiger partial charge in [-0.05, 0) is 45.4 Å². The lowest BCUT2D eigenvalue weighted by Crippen LogP contribution is -2.41. The topological polar surface area (TPSA) is 116 Å². The molecule has 0 fully saturated rings. The molecule has 27 heavy (non-hydrogen) atoms. The molecule has 8 heteroatoms. The number of anilines is 1. The van der Waals surface area contributed by atoms with E-state index in [0.717, 1.165) is 20.5 Å². The van der Waals surface area contributed by atoms with Gasteiger partial charge in [0.15, 0.2) is 0 Å². The van der Waals surface area contributed by atoms with Crippen molar-refractivity contribution in [2.75, 3.05) is 5.73 Å². The van der Waals surface area contributed by atoms with Crippen molar-refractivity contribution in [3.8, 4) is 6.07 Å². The number of nitrogen functional groups attached to an aromatic ring is 1. The summed E-state index contributed by atoms with van der Waals surface area (Å²) in [6.45, 7) is 7.92. The van der Waals surface area contributed by atoms with Gasteiger partial charge in [-0.1, -0.05) is 0 Å². The molecule has 0 amide bonds. The number of rotatable bonds is 4. The van der Waals surface area contributed by atoms with Gasteiger partial charge in [-0.3, -0.25) is 18.7 Å².